The van der Waals surface area contributed by atoms with Crippen molar-refractivity contribution in [1.29, 1.82) is 0 Å². The van der Waals surface area contributed by atoms with Gasteiger partial charge in [-0.1, -0.05) is 6.92 Å². The zero-order valence-electron chi connectivity index (χ0n) is 13.2. The van der Waals surface area contributed by atoms with Crippen LogP contribution in [0.4, 0.5) is 11.4 Å². The van der Waals surface area contributed by atoms with Crippen molar-refractivity contribution in [1.82, 2.24) is 9.80 Å². The van der Waals surface area contributed by atoms with Crippen LogP contribution < -0.4 is 11.1 Å². The predicted molar refractivity (Wildman–Crippen MR) is 87.6 cm³/mol. The highest BCUT2D eigenvalue weighted by atomic mass is 16.2. The van der Waals surface area contributed by atoms with Crippen LogP contribution in [0.15, 0.2) is 18.2 Å². The lowest BCUT2D eigenvalue weighted by atomic mass is 10.1. The van der Waals surface area contributed by atoms with E-state index in [1.54, 1.807) is 31.1 Å². The first-order valence-electron chi connectivity index (χ1n) is 7.62. The quantitative estimate of drug-likeness (QED) is 0.753. The summed E-state index contributed by atoms with van der Waals surface area (Å²) in [5.41, 5.74) is 8.17. The van der Waals surface area contributed by atoms with Gasteiger partial charge >= 0.3 is 0 Å². The van der Waals surface area contributed by atoms with Crippen molar-refractivity contribution in [2.24, 2.45) is 0 Å². The summed E-state index contributed by atoms with van der Waals surface area (Å²) < 4.78 is 0. The van der Waals surface area contributed by atoms with Crippen LogP contribution in [0.1, 0.15) is 30.1 Å². The van der Waals surface area contributed by atoms with E-state index in [0.717, 1.165) is 31.4 Å². The third kappa shape index (κ3) is 4.11. The van der Waals surface area contributed by atoms with Gasteiger partial charge in [-0.25, -0.2) is 0 Å². The minimum atomic E-state index is -0.00813. The van der Waals surface area contributed by atoms with Gasteiger partial charge in [-0.3, -0.25) is 9.69 Å². The van der Waals surface area contributed by atoms with Crippen molar-refractivity contribution < 1.29 is 4.79 Å². The summed E-state index contributed by atoms with van der Waals surface area (Å²) >= 11 is 0. The number of amides is 1. The molecule has 1 aromatic carbocycles. The SMILES string of the molecule is CCN(CCNc1cc(C(=O)N(C)C)ccc1N)C1CC1. The second-order valence-corrected chi connectivity index (χ2v) is 5.79. The van der Waals surface area contributed by atoms with Gasteiger partial charge in [-0.05, 0) is 37.6 Å². The Hall–Kier alpha value is -1.75. The van der Waals surface area contributed by atoms with E-state index in [-0.39, 0.29) is 5.91 Å². The molecule has 1 amide bonds. The number of likely N-dealkylation sites (N-methyl/N-ethyl adjacent to an activating group) is 1. The van der Waals surface area contributed by atoms with E-state index in [1.165, 1.54) is 12.8 Å². The van der Waals surface area contributed by atoms with Crippen LogP contribution in [0.2, 0.25) is 0 Å². The molecule has 0 atom stereocenters. The number of carbonyl (C=O) groups excluding carboxylic acids is 1. The Morgan fingerprint density at radius 3 is 2.67 bits per heavy atom. The number of rotatable bonds is 7. The Kier molecular flexibility index (Phi) is 5.07. The van der Waals surface area contributed by atoms with Crippen LogP contribution >= 0.6 is 0 Å². The third-order valence-electron chi connectivity index (χ3n) is 3.89. The molecule has 21 heavy (non-hydrogen) atoms. The molecule has 0 bridgehead atoms. The highest BCUT2D eigenvalue weighted by molar-refractivity contribution is 5.95. The molecule has 1 aliphatic rings. The molecule has 3 N–H and O–H groups in total. The molecular formula is C16H26N4O. The first-order chi connectivity index (χ1) is 10.0. The first-order valence-corrected chi connectivity index (χ1v) is 7.62. The lowest BCUT2D eigenvalue weighted by Gasteiger charge is -2.20. The molecule has 1 saturated carbocycles. The van der Waals surface area contributed by atoms with Gasteiger partial charge in [0.2, 0.25) is 0 Å². The monoisotopic (exact) mass is 290 g/mol. The largest absolute Gasteiger partial charge is 0.397 e. The van der Waals surface area contributed by atoms with Gasteiger partial charge in [0.1, 0.15) is 0 Å². The van der Waals surface area contributed by atoms with E-state index in [4.69, 9.17) is 5.73 Å². The zero-order chi connectivity index (χ0) is 15.4. The van der Waals surface area contributed by atoms with E-state index in [2.05, 4.69) is 17.1 Å². The van der Waals surface area contributed by atoms with Crippen LogP contribution in [0.25, 0.3) is 0 Å². The highest BCUT2D eigenvalue weighted by Crippen LogP contribution is 2.26. The average molecular weight is 290 g/mol. The van der Waals surface area contributed by atoms with Crippen molar-refractivity contribution in [3.63, 3.8) is 0 Å². The van der Waals surface area contributed by atoms with Crippen molar-refractivity contribution in [2.75, 3.05) is 44.8 Å². The minimum Gasteiger partial charge on any atom is -0.397 e. The minimum absolute atomic E-state index is 0.00813. The summed E-state index contributed by atoms with van der Waals surface area (Å²) in [6, 6.07) is 6.17. The second kappa shape index (κ2) is 6.80. The number of carbonyl (C=O) groups is 1. The maximum absolute atomic E-state index is 12.0. The zero-order valence-corrected chi connectivity index (χ0v) is 13.2. The van der Waals surface area contributed by atoms with Crippen LogP contribution in [0, 0.1) is 0 Å². The Labute approximate surface area is 127 Å². The molecule has 5 nitrogen and oxygen atoms in total. The summed E-state index contributed by atoms with van der Waals surface area (Å²) in [6.07, 6.45) is 2.64. The molecule has 0 aliphatic heterocycles. The van der Waals surface area contributed by atoms with Gasteiger partial charge in [0.25, 0.3) is 5.91 Å². The summed E-state index contributed by atoms with van der Waals surface area (Å²) in [4.78, 5) is 16.0. The van der Waals surface area contributed by atoms with E-state index in [1.807, 2.05) is 6.07 Å². The number of hydrogen-bond donors (Lipinski definition) is 2. The topological polar surface area (TPSA) is 61.6 Å². The first kappa shape index (κ1) is 15.6. The molecule has 2 rings (SSSR count). The van der Waals surface area contributed by atoms with Gasteiger partial charge in [0.05, 0.1) is 11.4 Å². The van der Waals surface area contributed by atoms with Crippen molar-refractivity contribution >= 4 is 17.3 Å². The maximum Gasteiger partial charge on any atom is 0.253 e. The standard InChI is InChI=1S/C16H26N4O/c1-4-20(13-6-7-13)10-9-18-15-11-12(5-8-14(15)17)16(21)19(2)3/h5,8,11,13,18H,4,6-7,9-10,17H2,1-3H3. The highest BCUT2D eigenvalue weighted by Gasteiger charge is 2.27. The predicted octanol–water partition coefficient (Wildman–Crippen LogP) is 1.87. The second-order valence-electron chi connectivity index (χ2n) is 5.79. The summed E-state index contributed by atoms with van der Waals surface area (Å²) in [6.45, 7) is 5.13. The van der Waals surface area contributed by atoms with Crippen LogP contribution in [-0.2, 0) is 0 Å². The van der Waals surface area contributed by atoms with Gasteiger partial charge in [-0.15, -0.1) is 0 Å². The molecule has 1 aliphatic carbocycles. The molecule has 0 radical (unpaired) electrons. The Balaban J connectivity index is 1.95. The van der Waals surface area contributed by atoms with Crippen molar-refractivity contribution in [2.45, 2.75) is 25.8 Å². The number of anilines is 2. The third-order valence-corrected chi connectivity index (χ3v) is 3.89. The molecule has 5 heteroatoms. The smallest absolute Gasteiger partial charge is 0.253 e. The Morgan fingerprint density at radius 1 is 1.38 bits per heavy atom. The summed E-state index contributed by atoms with van der Waals surface area (Å²) in [7, 11) is 3.50. The van der Waals surface area contributed by atoms with Crippen molar-refractivity contribution in [3.05, 3.63) is 23.8 Å². The number of nitrogen functional groups attached to an aromatic ring is 1. The van der Waals surface area contributed by atoms with Crippen LogP contribution in [0.5, 0.6) is 0 Å². The summed E-state index contributed by atoms with van der Waals surface area (Å²) in [5, 5.41) is 3.36. The summed E-state index contributed by atoms with van der Waals surface area (Å²) in [5.74, 6) is -0.00813. The van der Waals surface area contributed by atoms with Gasteiger partial charge in [-0.2, -0.15) is 0 Å². The Bertz CT molecular complexity index is 497. The lowest BCUT2D eigenvalue weighted by Crippen LogP contribution is -2.31. The normalized spacial score (nSPS) is 14.3. The molecule has 1 aromatic rings. The number of benzene rings is 1. The lowest BCUT2D eigenvalue weighted by molar-refractivity contribution is 0.0827. The van der Waals surface area contributed by atoms with E-state index >= 15 is 0 Å². The average Bonchev–Trinajstić information content (AvgIpc) is 3.29. The molecule has 0 saturated heterocycles. The molecule has 0 aromatic heterocycles. The number of nitrogens with zero attached hydrogens (tertiary/aromatic N) is 2. The molecule has 0 heterocycles. The fraction of sp³-hybridized carbons (Fsp3) is 0.562. The van der Waals surface area contributed by atoms with Crippen LogP contribution in [-0.4, -0.2) is 55.5 Å². The number of nitrogens with two attached hydrogens (primary N) is 1. The van der Waals surface area contributed by atoms with Crippen LogP contribution in [0.3, 0.4) is 0 Å². The molecule has 1 fully saturated rings. The van der Waals surface area contributed by atoms with Gasteiger partial charge in [0, 0.05) is 38.8 Å². The molecule has 0 spiro atoms. The molecule has 0 unspecified atom stereocenters. The Morgan fingerprint density at radius 2 is 2.10 bits per heavy atom. The molecule has 116 valence electrons. The fourth-order valence-corrected chi connectivity index (χ4v) is 2.47. The fourth-order valence-electron chi connectivity index (χ4n) is 2.47. The number of nitrogens with one attached hydrogen (secondary N) is 1. The van der Waals surface area contributed by atoms with Gasteiger partial charge < -0.3 is 16.0 Å². The van der Waals surface area contributed by atoms with E-state index < -0.39 is 0 Å². The molecular weight excluding hydrogens is 264 g/mol. The maximum atomic E-state index is 12.0. The van der Waals surface area contributed by atoms with E-state index in [9.17, 15) is 4.79 Å². The van der Waals surface area contributed by atoms with E-state index in [0.29, 0.717) is 11.3 Å². The van der Waals surface area contributed by atoms with Gasteiger partial charge in [0.15, 0.2) is 0 Å². The number of hydrogen-bond acceptors (Lipinski definition) is 4. The van der Waals surface area contributed by atoms with Crippen molar-refractivity contribution in [3.8, 4) is 0 Å².